The summed E-state index contributed by atoms with van der Waals surface area (Å²) in [6.45, 7) is 5.14. The Kier molecular flexibility index (Phi) is 4.80. The molecule has 0 aliphatic carbocycles. The van der Waals surface area contributed by atoms with Crippen molar-refractivity contribution in [2.24, 2.45) is 0 Å². The molecule has 1 aliphatic heterocycles. The maximum Gasteiger partial charge on any atom is 0.410 e. The van der Waals surface area contributed by atoms with Gasteiger partial charge in [0.05, 0.1) is 0 Å². The normalized spacial score (nSPS) is 20.9. The highest BCUT2D eigenvalue weighted by Crippen LogP contribution is 2.11. The predicted molar refractivity (Wildman–Crippen MR) is 74.9 cm³/mol. The molecule has 1 atom stereocenters. The van der Waals surface area contributed by atoms with E-state index in [1.165, 1.54) is 0 Å². The second kappa shape index (κ2) is 6.57. The van der Waals surface area contributed by atoms with E-state index >= 15 is 0 Å². The lowest BCUT2D eigenvalue weighted by atomic mass is 10.2. The Balaban J connectivity index is 1.88. The van der Waals surface area contributed by atoms with E-state index in [1.807, 2.05) is 35.2 Å². The van der Waals surface area contributed by atoms with Crippen LogP contribution in [-0.2, 0) is 11.3 Å². The Hall–Kier alpha value is -1.55. The smallest absolute Gasteiger partial charge is 0.410 e. The third-order valence-electron chi connectivity index (χ3n) is 3.49. The monoisotopic (exact) mass is 262 g/mol. The van der Waals surface area contributed by atoms with E-state index in [9.17, 15) is 4.79 Å². The second-order valence-electron chi connectivity index (χ2n) is 5.20. The zero-order valence-corrected chi connectivity index (χ0v) is 11.7. The molecule has 1 fully saturated rings. The number of ether oxygens (including phenoxy) is 1. The summed E-state index contributed by atoms with van der Waals surface area (Å²) in [5, 5.41) is 0. The molecule has 0 spiro atoms. The lowest BCUT2D eigenvalue weighted by molar-refractivity contribution is 0.0838. The number of rotatable bonds is 2. The van der Waals surface area contributed by atoms with Crippen molar-refractivity contribution in [1.29, 1.82) is 0 Å². The van der Waals surface area contributed by atoms with Gasteiger partial charge in [-0.05, 0) is 32.5 Å². The van der Waals surface area contributed by atoms with E-state index in [-0.39, 0.29) is 12.1 Å². The van der Waals surface area contributed by atoms with Crippen LogP contribution in [0, 0.1) is 0 Å². The third kappa shape index (κ3) is 3.96. The molecule has 1 saturated heterocycles. The fourth-order valence-corrected chi connectivity index (χ4v) is 2.45. The van der Waals surface area contributed by atoms with E-state index in [1.54, 1.807) is 0 Å². The minimum absolute atomic E-state index is 0.202. The van der Waals surface area contributed by atoms with Crippen molar-refractivity contribution < 1.29 is 9.53 Å². The zero-order chi connectivity index (χ0) is 13.7. The van der Waals surface area contributed by atoms with Crippen LogP contribution in [-0.4, -0.2) is 48.6 Å². The van der Waals surface area contributed by atoms with Crippen LogP contribution in [0.2, 0.25) is 0 Å². The Labute approximate surface area is 115 Å². The average Bonchev–Trinajstić information content (AvgIpc) is 2.58. The Morgan fingerprint density at radius 3 is 2.79 bits per heavy atom. The Bertz CT molecular complexity index is 408. The molecule has 0 unspecified atom stereocenters. The molecule has 0 saturated carbocycles. The summed E-state index contributed by atoms with van der Waals surface area (Å²) in [7, 11) is 2.09. The molecule has 104 valence electrons. The van der Waals surface area contributed by atoms with Crippen molar-refractivity contribution in [2.45, 2.75) is 26.0 Å². The van der Waals surface area contributed by atoms with E-state index in [0.717, 1.165) is 31.6 Å². The quantitative estimate of drug-likeness (QED) is 0.820. The molecule has 0 radical (unpaired) electrons. The lowest BCUT2D eigenvalue weighted by Gasteiger charge is -2.27. The SMILES string of the molecule is C[C@H]1CN(C)CCCN1C(=O)OCc1ccccc1. The zero-order valence-electron chi connectivity index (χ0n) is 11.7. The van der Waals surface area contributed by atoms with Crippen molar-refractivity contribution >= 4 is 6.09 Å². The summed E-state index contributed by atoms with van der Waals surface area (Å²) in [6, 6.07) is 9.99. The van der Waals surface area contributed by atoms with Crippen LogP contribution in [0.5, 0.6) is 0 Å². The molecule has 1 aromatic carbocycles. The molecule has 0 aromatic heterocycles. The van der Waals surface area contributed by atoms with E-state index in [4.69, 9.17) is 4.74 Å². The predicted octanol–water partition coefficient (Wildman–Crippen LogP) is 2.35. The largest absolute Gasteiger partial charge is 0.445 e. The van der Waals surface area contributed by atoms with Gasteiger partial charge in [0.25, 0.3) is 0 Å². The standard InChI is InChI=1S/C15H22N2O2/c1-13-11-16(2)9-6-10-17(13)15(18)19-12-14-7-4-3-5-8-14/h3-5,7-8,13H,6,9-12H2,1-2H3/t13-/m0/s1. The van der Waals surface area contributed by atoms with Crippen LogP contribution >= 0.6 is 0 Å². The molecule has 4 nitrogen and oxygen atoms in total. The van der Waals surface area contributed by atoms with Gasteiger partial charge in [0.15, 0.2) is 0 Å². The van der Waals surface area contributed by atoms with E-state index in [0.29, 0.717) is 6.61 Å². The van der Waals surface area contributed by atoms with Crippen LogP contribution in [0.3, 0.4) is 0 Å². The van der Waals surface area contributed by atoms with Crippen molar-refractivity contribution in [1.82, 2.24) is 9.80 Å². The van der Waals surface area contributed by atoms with Gasteiger partial charge in [-0.15, -0.1) is 0 Å². The second-order valence-corrected chi connectivity index (χ2v) is 5.20. The summed E-state index contributed by atoms with van der Waals surface area (Å²) in [5.41, 5.74) is 1.02. The van der Waals surface area contributed by atoms with Crippen molar-refractivity contribution in [2.75, 3.05) is 26.7 Å². The first-order valence-corrected chi connectivity index (χ1v) is 6.82. The van der Waals surface area contributed by atoms with Gasteiger partial charge in [0.1, 0.15) is 6.61 Å². The van der Waals surface area contributed by atoms with Crippen LogP contribution in [0.1, 0.15) is 18.9 Å². The van der Waals surface area contributed by atoms with Gasteiger partial charge < -0.3 is 14.5 Å². The van der Waals surface area contributed by atoms with Gasteiger partial charge >= 0.3 is 6.09 Å². The summed E-state index contributed by atoms with van der Waals surface area (Å²) in [4.78, 5) is 16.2. The molecule has 2 rings (SSSR count). The number of carbonyl (C=O) groups excluding carboxylic acids is 1. The number of benzene rings is 1. The van der Waals surface area contributed by atoms with Crippen molar-refractivity contribution in [3.05, 3.63) is 35.9 Å². The van der Waals surface area contributed by atoms with Gasteiger partial charge in [-0.2, -0.15) is 0 Å². The minimum Gasteiger partial charge on any atom is -0.445 e. The molecule has 1 aromatic rings. The van der Waals surface area contributed by atoms with Crippen LogP contribution in [0.15, 0.2) is 30.3 Å². The molecule has 4 heteroatoms. The average molecular weight is 262 g/mol. The third-order valence-corrected chi connectivity index (χ3v) is 3.49. The summed E-state index contributed by atoms with van der Waals surface area (Å²) in [6.07, 6.45) is 0.799. The van der Waals surface area contributed by atoms with Gasteiger partial charge in [-0.3, -0.25) is 0 Å². The van der Waals surface area contributed by atoms with Crippen LogP contribution in [0.4, 0.5) is 4.79 Å². The molecule has 0 bridgehead atoms. The number of hydrogen-bond acceptors (Lipinski definition) is 3. The van der Waals surface area contributed by atoms with Gasteiger partial charge in [0.2, 0.25) is 0 Å². The summed E-state index contributed by atoms with van der Waals surface area (Å²) >= 11 is 0. The van der Waals surface area contributed by atoms with Crippen LogP contribution in [0.25, 0.3) is 0 Å². The lowest BCUT2D eigenvalue weighted by Crippen LogP contribution is -2.42. The first-order valence-electron chi connectivity index (χ1n) is 6.82. The maximum atomic E-state index is 12.1. The number of hydrogen-bond donors (Lipinski definition) is 0. The first kappa shape index (κ1) is 13.9. The maximum absolute atomic E-state index is 12.1. The topological polar surface area (TPSA) is 32.8 Å². The van der Waals surface area contributed by atoms with Gasteiger partial charge in [-0.1, -0.05) is 30.3 Å². The van der Waals surface area contributed by atoms with Crippen molar-refractivity contribution in [3.63, 3.8) is 0 Å². The molecule has 19 heavy (non-hydrogen) atoms. The molecule has 1 amide bonds. The summed E-state index contributed by atoms with van der Waals surface area (Å²) in [5.74, 6) is 0. The molecular formula is C15H22N2O2. The molecular weight excluding hydrogens is 240 g/mol. The Morgan fingerprint density at radius 2 is 2.05 bits per heavy atom. The molecule has 0 N–H and O–H groups in total. The highest BCUT2D eigenvalue weighted by Gasteiger charge is 2.24. The van der Waals surface area contributed by atoms with Crippen molar-refractivity contribution in [3.8, 4) is 0 Å². The fourth-order valence-electron chi connectivity index (χ4n) is 2.45. The number of nitrogens with zero attached hydrogens (tertiary/aromatic N) is 2. The minimum atomic E-state index is -0.202. The fraction of sp³-hybridized carbons (Fsp3) is 0.533. The van der Waals surface area contributed by atoms with E-state index < -0.39 is 0 Å². The highest BCUT2D eigenvalue weighted by atomic mass is 16.6. The van der Waals surface area contributed by atoms with Gasteiger partial charge in [0, 0.05) is 19.1 Å². The Morgan fingerprint density at radius 1 is 1.32 bits per heavy atom. The van der Waals surface area contributed by atoms with Crippen LogP contribution < -0.4 is 0 Å². The number of carbonyl (C=O) groups is 1. The first-order chi connectivity index (χ1) is 9.16. The van der Waals surface area contributed by atoms with E-state index in [2.05, 4.69) is 18.9 Å². The number of amides is 1. The summed E-state index contributed by atoms with van der Waals surface area (Å²) < 4.78 is 5.40. The molecule has 1 heterocycles. The highest BCUT2D eigenvalue weighted by molar-refractivity contribution is 5.68. The number of likely N-dealkylation sites (N-methyl/N-ethyl adjacent to an activating group) is 1. The van der Waals surface area contributed by atoms with Gasteiger partial charge in [-0.25, -0.2) is 4.79 Å². The molecule has 1 aliphatic rings.